The van der Waals surface area contributed by atoms with Gasteiger partial charge in [0.05, 0.1) is 0 Å². The van der Waals surface area contributed by atoms with Gasteiger partial charge in [0, 0.05) is 5.56 Å². The predicted molar refractivity (Wildman–Crippen MR) is 57.9 cm³/mol. The summed E-state index contributed by atoms with van der Waals surface area (Å²) in [7, 11) is 0. The van der Waals surface area contributed by atoms with Crippen LogP contribution in [0.4, 0.5) is 0 Å². The van der Waals surface area contributed by atoms with E-state index in [2.05, 4.69) is 6.58 Å². The van der Waals surface area contributed by atoms with E-state index in [0.29, 0.717) is 4.32 Å². The van der Waals surface area contributed by atoms with Gasteiger partial charge in [0.15, 0.2) is 0 Å². The Morgan fingerprint density at radius 1 is 1.50 bits per heavy atom. The lowest BCUT2D eigenvalue weighted by molar-refractivity contribution is 1.27. The third-order valence-electron chi connectivity index (χ3n) is 1.59. The van der Waals surface area contributed by atoms with Gasteiger partial charge in [-0.3, -0.25) is 0 Å². The number of hydrogen-bond acceptors (Lipinski definition) is 1. The molecule has 0 saturated carbocycles. The molecule has 2 heteroatoms. The summed E-state index contributed by atoms with van der Waals surface area (Å²) in [4.78, 5) is 0. The van der Waals surface area contributed by atoms with E-state index in [4.69, 9.17) is 23.8 Å². The fourth-order valence-corrected chi connectivity index (χ4v) is 1.43. The lowest BCUT2D eigenvalue weighted by Crippen LogP contribution is -1.94. The highest BCUT2D eigenvalue weighted by atomic mass is 35.5. The van der Waals surface area contributed by atoms with Crippen molar-refractivity contribution in [2.75, 3.05) is 0 Å². The second kappa shape index (κ2) is 4.39. The van der Waals surface area contributed by atoms with Crippen molar-refractivity contribution in [3.63, 3.8) is 0 Å². The zero-order chi connectivity index (χ0) is 8.97. The summed E-state index contributed by atoms with van der Waals surface area (Å²) >= 11 is 10.6. The van der Waals surface area contributed by atoms with Crippen LogP contribution in [0, 0.1) is 0 Å². The van der Waals surface area contributed by atoms with Gasteiger partial charge in [-0.1, -0.05) is 54.2 Å². The van der Waals surface area contributed by atoms with Crippen molar-refractivity contribution in [2.45, 2.75) is 6.42 Å². The average molecular weight is 197 g/mol. The summed E-state index contributed by atoms with van der Waals surface area (Å²) in [5, 5.41) is 0. The Kier molecular flexibility index (Phi) is 3.45. The quantitative estimate of drug-likeness (QED) is 0.406. The molecule has 0 unspecified atom stereocenters. The first-order chi connectivity index (χ1) is 5.75. The van der Waals surface area contributed by atoms with Crippen molar-refractivity contribution in [1.82, 2.24) is 0 Å². The van der Waals surface area contributed by atoms with Gasteiger partial charge in [0.2, 0.25) is 0 Å². The second-order valence-corrected chi connectivity index (χ2v) is 3.43. The molecule has 1 aromatic rings. The predicted octanol–water partition coefficient (Wildman–Crippen LogP) is 3.33. The van der Waals surface area contributed by atoms with Gasteiger partial charge in [-0.2, -0.15) is 0 Å². The summed E-state index contributed by atoms with van der Waals surface area (Å²) in [5.74, 6) is 0. The van der Waals surface area contributed by atoms with E-state index in [9.17, 15) is 0 Å². The molecule has 0 spiro atoms. The third kappa shape index (κ3) is 2.16. The van der Waals surface area contributed by atoms with Crippen LogP contribution < -0.4 is 0 Å². The Bertz CT molecular complexity index is 304. The molecule has 0 nitrogen and oxygen atoms in total. The fraction of sp³-hybridized carbons (Fsp3) is 0.100. The molecular weight excluding hydrogens is 188 g/mol. The summed E-state index contributed by atoms with van der Waals surface area (Å²) < 4.78 is 0.424. The van der Waals surface area contributed by atoms with Gasteiger partial charge in [0.1, 0.15) is 4.32 Å². The topological polar surface area (TPSA) is 0 Å². The summed E-state index contributed by atoms with van der Waals surface area (Å²) in [6, 6.07) is 7.83. The standard InChI is InChI=1S/C10H9ClS/c1-2-5-8-6-3-4-7-9(8)10(11)12/h2-4,6-7H,1,5H2. The van der Waals surface area contributed by atoms with Crippen LogP contribution in [0.5, 0.6) is 0 Å². The van der Waals surface area contributed by atoms with Gasteiger partial charge < -0.3 is 0 Å². The van der Waals surface area contributed by atoms with Crippen LogP contribution >= 0.6 is 23.8 Å². The fourth-order valence-electron chi connectivity index (χ4n) is 1.05. The molecule has 1 rings (SSSR count). The van der Waals surface area contributed by atoms with Crippen molar-refractivity contribution in [1.29, 1.82) is 0 Å². The molecule has 0 aromatic heterocycles. The van der Waals surface area contributed by atoms with E-state index in [1.807, 2.05) is 30.3 Å². The summed E-state index contributed by atoms with van der Waals surface area (Å²) in [5.41, 5.74) is 2.07. The zero-order valence-corrected chi connectivity index (χ0v) is 8.16. The minimum absolute atomic E-state index is 0.424. The number of allylic oxidation sites excluding steroid dienone is 1. The molecule has 0 saturated heterocycles. The highest BCUT2D eigenvalue weighted by Crippen LogP contribution is 2.13. The first kappa shape index (κ1) is 9.43. The summed E-state index contributed by atoms with van der Waals surface area (Å²) in [6.45, 7) is 3.67. The smallest absolute Gasteiger partial charge is 0.103 e. The number of thiocarbonyl (C=S) groups is 1. The molecule has 0 aliphatic rings. The van der Waals surface area contributed by atoms with Crippen LogP contribution in [0.3, 0.4) is 0 Å². The third-order valence-corrected chi connectivity index (χ3v) is 2.02. The van der Waals surface area contributed by atoms with E-state index in [-0.39, 0.29) is 0 Å². The second-order valence-electron chi connectivity index (χ2n) is 2.42. The van der Waals surface area contributed by atoms with Crippen LogP contribution in [0.1, 0.15) is 11.1 Å². The highest BCUT2D eigenvalue weighted by molar-refractivity contribution is 7.83. The van der Waals surface area contributed by atoms with E-state index in [0.717, 1.165) is 17.5 Å². The minimum atomic E-state index is 0.424. The molecular formula is C10H9ClS. The van der Waals surface area contributed by atoms with Crippen molar-refractivity contribution in [3.8, 4) is 0 Å². The van der Waals surface area contributed by atoms with E-state index in [1.165, 1.54) is 0 Å². The van der Waals surface area contributed by atoms with Crippen molar-refractivity contribution in [2.24, 2.45) is 0 Å². The van der Waals surface area contributed by atoms with E-state index >= 15 is 0 Å². The maximum absolute atomic E-state index is 5.74. The van der Waals surface area contributed by atoms with Crippen molar-refractivity contribution >= 4 is 28.1 Å². The van der Waals surface area contributed by atoms with Crippen LogP contribution in [-0.2, 0) is 6.42 Å². The van der Waals surface area contributed by atoms with Gasteiger partial charge in [-0.15, -0.1) is 6.58 Å². The molecule has 0 fully saturated rings. The molecule has 0 N–H and O–H groups in total. The minimum Gasteiger partial charge on any atom is -0.103 e. The number of rotatable bonds is 3. The molecule has 0 radical (unpaired) electrons. The SMILES string of the molecule is C=CCc1ccccc1C(=S)Cl. The largest absolute Gasteiger partial charge is 0.111 e. The van der Waals surface area contributed by atoms with Crippen molar-refractivity contribution in [3.05, 3.63) is 48.0 Å². The molecule has 0 aliphatic carbocycles. The number of hydrogen-bond donors (Lipinski definition) is 0. The average Bonchev–Trinajstić information content (AvgIpc) is 2.05. The van der Waals surface area contributed by atoms with Crippen molar-refractivity contribution < 1.29 is 0 Å². The monoisotopic (exact) mass is 196 g/mol. The number of halogens is 1. The molecule has 0 heterocycles. The Hall–Kier alpha value is -0.660. The van der Waals surface area contributed by atoms with Gasteiger partial charge in [-0.25, -0.2) is 0 Å². The van der Waals surface area contributed by atoms with Gasteiger partial charge >= 0.3 is 0 Å². The Balaban J connectivity index is 3.07. The maximum atomic E-state index is 5.74. The first-order valence-electron chi connectivity index (χ1n) is 3.64. The Labute approximate surface area is 82.9 Å². The molecule has 0 atom stereocenters. The summed E-state index contributed by atoms with van der Waals surface area (Å²) in [6.07, 6.45) is 2.65. The van der Waals surface area contributed by atoms with E-state index < -0.39 is 0 Å². The van der Waals surface area contributed by atoms with Crippen LogP contribution in [0.25, 0.3) is 0 Å². The van der Waals surface area contributed by atoms with Gasteiger partial charge in [-0.05, 0) is 12.0 Å². The van der Waals surface area contributed by atoms with Gasteiger partial charge in [0.25, 0.3) is 0 Å². The van der Waals surface area contributed by atoms with Crippen LogP contribution in [0.15, 0.2) is 36.9 Å². The van der Waals surface area contributed by atoms with Crippen LogP contribution in [0.2, 0.25) is 0 Å². The lowest BCUT2D eigenvalue weighted by atomic mass is 10.1. The highest BCUT2D eigenvalue weighted by Gasteiger charge is 2.01. The first-order valence-corrected chi connectivity index (χ1v) is 4.43. The molecule has 12 heavy (non-hydrogen) atoms. The molecule has 0 bridgehead atoms. The molecule has 0 aliphatic heterocycles. The molecule has 62 valence electrons. The van der Waals surface area contributed by atoms with E-state index in [1.54, 1.807) is 0 Å². The Morgan fingerprint density at radius 2 is 2.17 bits per heavy atom. The Morgan fingerprint density at radius 3 is 2.75 bits per heavy atom. The molecule has 1 aromatic carbocycles. The molecule has 0 amide bonds. The normalized spacial score (nSPS) is 9.42. The number of benzene rings is 1. The van der Waals surface area contributed by atoms with Crippen LogP contribution in [-0.4, -0.2) is 4.32 Å². The lowest BCUT2D eigenvalue weighted by Gasteiger charge is -2.02. The zero-order valence-electron chi connectivity index (χ0n) is 6.59. The maximum Gasteiger partial charge on any atom is 0.111 e.